The number of nitrogens with one attached hydrogen (secondary N) is 2. The van der Waals surface area contributed by atoms with Gasteiger partial charge < -0.3 is 40.3 Å². The number of methoxy groups -OCH3 is 1. The van der Waals surface area contributed by atoms with Gasteiger partial charge in [0.1, 0.15) is 6.54 Å². The van der Waals surface area contributed by atoms with Crippen molar-refractivity contribution in [3.8, 4) is 0 Å². The van der Waals surface area contributed by atoms with E-state index in [-0.39, 0.29) is 37.4 Å². The minimum atomic E-state index is -0.939. The molecular formula is C23H33N5O5. The van der Waals surface area contributed by atoms with Gasteiger partial charge in [-0.15, -0.1) is 0 Å². The highest BCUT2D eigenvalue weighted by Crippen LogP contribution is 2.32. The predicted molar refractivity (Wildman–Crippen MR) is 125 cm³/mol. The van der Waals surface area contributed by atoms with Crippen molar-refractivity contribution in [1.82, 2.24) is 15.5 Å². The molecule has 0 spiro atoms. The molecule has 1 aromatic carbocycles. The van der Waals surface area contributed by atoms with Gasteiger partial charge in [-0.1, -0.05) is 0 Å². The fraction of sp³-hybridized carbons (Fsp3) is 0.478. The summed E-state index contributed by atoms with van der Waals surface area (Å²) in [5, 5.41) is 23.9. The van der Waals surface area contributed by atoms with Gasteiger partial charge in [0, 0.05) is 58.4 Å². The average Bonchev–Trinajstić information content (AvgIpc) is 2.79. The van der Waals surface area contributed by atoms with E-state index < -0.39 is 6.10 Å². The van der Waals surface area contributed by atoms with Crippen LogP contribution in [-0.4, -0.2) is 93.6 Å². The molecule has 33 heavy (non-hydrogen) atoms. The number of carbonyl (C=O) groups excluding carboxylic acids is 2. The second kappa shape index (κ2) is 11.2. The smallest absolute Gasteiger partial charge is 0.246 e. The molecule has 3 rings (SSSR count). The van der Waals surface area contributed by atoms with E-state index in [4.69, 9.17) is 9.84 Å². The van der Waals surface area contributed by atoms with E-state index in [2.05, 4.69) is 15.5 Å². The maximum atomic E-state index is 12.6. The first-order valence-corrected chi connectivity index (χ1v) is 10.9. The van der Waals surface area contributed by atoms with E-state index in [1.165, 1.54) is 0 Å². The van der Waals surface area contributed by atoms with E-state index in [9.17, 15) is 14.7 Å². The number of rotatable bonds is 9. The Balaban J connectivity index is 1.68. The Morgan fingerprint density at radius 2 is 1.91 bits per heavy atom. The SMILES string of the molecule is CNC=C1/C(=C\COC)N(c2ccc(N3CC(C(=O)NCC(O)CO)C3)cc2)CC(=O)N1C. The molecule has 180 valence electrons. The minimum absolute atomic E-state index is 0.0157. The van der Waals surface area contributed by atoms with E-state index >= 15 is 0 Å². The van der Waals surface area contributed by atoms with Gasteiger partial charge in [0.2, 0.25) is 11.8 Å². The number of ether oxygens (including phenoxy) is 1. The number of amides is 2. The molecular weight excluding hydrogens is 426 g/mol. The van der Waals surface area contributed by atoms with Crippen LogP contribution in [0.5, 0.6) is 0 Å². The number of carbonyl (C=O) groups is 2. The molecule has 10 heteroatoms. The van der Waals surface area contributed by atoms with Crippen molar-refractivity contribution < 1.29 is 24.5 Å². The number of anilines is 2. The Hall–Kier alpha value is -3.08. The lowest BCUT2D eigenvalue weighted by molar-refractivity contribution is -0.127. The van der Waals surface area contributed by atoms with Crippen LogP contribution in [0.1, 0.15) is 0 Å². The number of hydrogen-bond donors (Lipinski definition) is 4. The highest BCUT2D eigenvalue weighted by molar-refractivity contribution is 5.88. The monoisotopic (exact) mass is 459 g/mol. The van der Waals surface area contributed by atoms with E-state index in [0.717, 1.165) is 22.8 Å². The number of piperazine rings is 1. The zero-order valence-electron chi connectivity index (χ0n) is 19.3. The van der Waals surface area contributed by atoms with Crippen LogP contribution in [0, 0.1) is 5.92 Å². The lowest BCUT2D eigenvalue weighted by Gasteiger charge is -2.41. The van der Waals surface area contributed by atoms with Crippen molar-refractivity contribution in [2.45, 2.75) is 6.10 Å². The van der Waals surface area contributed by atoms with Crippen molar-refractivity contribution in [3.05, 3.63) is 47.9 Å². The third-order valence-electron chi connectivity index (χ3n) is 5.81. The van der Waals surface area contributed by atoms with Gasteiger partial charge in [0.15, 0.2) is 0 Å². The molecule has 0 aromatic heterocycles. The topological polar surface area (TPSA) is 118 Å². The molecule has 2 saturated heterocycles. The summed E-state index contributed by atoms with van der Waals surface area (Å²) in [5.74, 6) is -0.287. The third kappa shape index (κ3) is 5.65. The van der Waals surface area contributed by atoms with Gasteiger partial charge in [0.25, 0.3) is 0 Å². The van der Waals surface area contributed by atoms with Crippen LogP contribution in [0.25, 0.3) is 0 Å². The molecule has 2 fully saturated rings. The Bertz CT molecular complexity index is 895. The highest BCUT2D eigenvalue weighted by Gasteiger charge is 2.34. The number of aliphatic hydroxyl groups is 2. The van der Waals surface area contributed by atoms with Gasteiger partial charge in [-0.05, 0) is 30.3 Å². The van der Waals surface area contributed by atoms with Crippen molar-refractivity contribution in [3.63, 3.8) is 0 Å². The first kappa shape index (κ1) is 24.6. The van der Waals surface area contributed by atoms with Crippen molar-refractivity contribution in [2.75, 3.05) is 70.4 Å². The fourth-order valence-electron chi connectivity index (χ4n) is 3.81. The average molecular weight is 460 g/mol. The molecule has 1 unspecified atom stereocenters. The van der Waals surface area contributed by atoms with Crippen LogP contribution >= 0.6 is 0 Å². The fourth-order valence-corrected chi connectivity index (χ4v) is 3.81. The molecule has 10 nitrogen and oxygen atoms in total. The lowest BCUT2D eigenvalue weighted by Crippen LogP contribution is -2.54. The highest BCUT2D eigenvalue weighted by atomic mass is 16.5. The van der Waals surface area contributed by atoms with Gasteiger partial charge in [-0.3, -0.25) is 9.59 Å². The van der Waals surface area contributed by atoms with Crippen LogP contribution in [0.3, 0.4) is 0 Å². The number of aliphatic hydroxyl groups excluding tert-OH is 2. The number of nitrogens with zero attached hydrogens (tertiary/aromatic N) is 3. The van der Waals surface area contributed by atoms with Crippen LogP contribution in [-0.2, 0) is 14.3 Å². The number of benzene rings is 1. The second-order valence-corrected chi connectivity index (χ2v) is 8.10. The molecule has 2 heterocycles. The number of likely N-dealkylation sites (N-methyl/N-ethyl adjacent to an activating group) is 1. The summed E-state index contributed by atoms with van der Waals surface area (Å²) < 4.78 is 5.24. The molecule has 4 N–H and O–H groups in total. The summed E-state index contributed by atoms with van der Waals surface area (Å²) >= 11 is 0. The van der Waals surface area contributed by atoms with E-state index in [1.807, 2.05) is 35.2 Å². The Morgan fingerprint density at radius 1 is 1.24 bits per heavy atom. The maximum Gasteiger partial charge on any atom is 0.246 e. The molecule has 2 aliphatic heterocycles. The van der Waals surface area contributed by atoms with Crippen molar-refractivity contribution >= 4 is 23.2 Å². The van der Waals surface area contributed by atoms with Crippen LogP contribution < -0.4 is 20.4 Å². The van der Waals surface area contributed by atoms with Crippen molar-refractivity contribution in [2.24, 2.45) is 5.92 Å². The van der Waals surface area contributed by atoms with Gasteiger partial charge in [0.05, 0.1) is 36.6 Å². The quantitative estimate of drug-likeness (QED) is 0.389. The standard InChI is InChI=1S/C23H33N5O5/c1-24-11-21-20(8-9-33-3)28(14-22(31)26(21)2)18-6-4-17(5-7-18)27-12-16(13-27)23(32)25-10-19(30)15-29/h4-8,11,16,19,24,29-30H,9-10,12-15H2,1-3H3,(H,25,32)/b20-8+,21-11?. The largest absolute Gasteiger partial charge is 0.394 e. The lowest BCUT2D eigenvalue weighted by atomic mass is 9.98. The van der Waals surface area contributed by atoms with Crippen LogP contribution in [0.2, 0.25) is 0 Å². The molecule has 1 atom stereocenters. The van der Waals surface area contributed by atoms with Crippen LogP contribution in [0.15, 0.2) is 47.9 Å². The van der Waals surface area contributed by atoms with Crippen molar-refractivity contribution in [1.29, 1.82) is 0 Å². The molecule has 0 radical (unpaired) electrons. The normalized spacial score (nSPS) is 20.3. The second-order valence-electron chi connectivity index (χ2n) is 8.10. The number of hydrogen-bond acceptors (Lipinski definition) is 8. The summed E-state index contributed by atoms with van der Waals surface area (Å²) in [6.45, 7) is 1.48. The first-order valence-electron chi connectivity index (χ1n) is 10.9. The minimum Gasteiger partial charge on any atom is -0.394 e. The predicted octanol–water partition coefficient (Wildman–Crippen LogP) is -0.538. The molecule has 0 saturated carbocycles. The summed E-state index contributed by atoms with van der Waals surface area (Å²) in [6.07, 6.45) is 2.81. The molecule has 0 bridgehead atoms. The van der Waals surface area contributed by atoms with E-state index in [0.29, 0.717) is 19.7 Å². The van der Waals surface area contributed by atoms with Gasteiger partial charge >= 0.3 is 0 Å². The maximum absolute atomic E-state index is 12.6. The summed E-state index contributed by atoms with van der Waals surface area (Å²) in [4.78, 5) is 30.5. The van der Waals surface area contributed by atoms with Gasteiger partial charge in [-0.25, -0.2) is 0 Å². The van der Waals surface area contributed by atoms with Gasteiger partial charge in [-0.2, -0.15) is 0 Å². The summed E-state index contributed by atoms with van der Waals surface area (Å²) in [6, 6.07) is 7.90. The molecule has 2 aliphatic rings. The Labute approximate surface area is 194 Å². The molecule has 2 amide bonds. The van der Waals surface area contributed by atoms with E-state index in [1.54, 1.807) is 32.3 Å². The van der Waals surface area contributed by atoms with Crippen LogP contribution in [0.4, 0.5) is 11.4 Å². The Kier molecular flexibility index (Phi) is 8.32. The molecule has 1 aromatic rings. The third-order valence-corrected chi connectivity index (χ3v) is 5.81. The summed E-state index contributed by atoms with van der Waals surface area (Å²) in [7, 11) is 5.18. The Morgan fingerprint density at radius 3 is 2.52 bits per heavy atom. The summed E-state index contributed by atoms with van der Waals surface area (Å²) in [5.41, 5.74) is 3.52. The zero-order chi connectivity index (χ0) is 24.0. The molecule has 0 aliphatic carbocycles. The first-order chi connectivity index (χ1) is 15.9. The zero-order valence-corrected chi connectivity index (χ0v) is 19.3.